The van der Waals surface area contributed by atoms with E-state index in [9.17, 15) is 0 Å². The first kappa shape index (κ1) is 15.1. The highest BCUT2D eigenvalue weighted by atomic mass is 35.5. The van der Waals surface area contributed by atoms with Crippen LogP contribution >= 0.6 is 12.4 Å². The summed E-state index contributed by atoms with van der Waals surface area (Å²) in [6, 6.07) is 19.9. The summed E-state index contributed by atoms with van der Waals surface area (Å²) in [6.45, 7) is 0. The van der Waals surface area contributed by atoms with Crippen LogP contribution in [0.4, 0.5) is 0 Å². The van der Waals surface area contributed by atoms with Crippen molar-refractivity contribution < 1.29 is 0 Å². The smallest absolute Gasteiger partial charge is 0.0111 e. The minimum atomic E-state index is 0. The molecule has 0 saturated heterocycles. The summed E-state index contributed by atoms with van der Waals surface area (Å²) in [4.78, 5) is 0. The van der Waals surface area contributed by atoms with Gasteiger partial charge in [-0.15, -0.1) is 12.4 Å². The topological polar surface area (TPSA) is 26.0 Å². The van der Waals surface area contributed by atoms with E-state index in [1.165, 1.54) is 16.7 Å². The maximum atomic E-state index is 6.36. The Labute approximate surface area is 127 Å². The summed E-state index contributed by atoms with van der Waals surface area (Å²) in [5.41, 5.74) is 10.8. The van der Waals surface area contributed by atoms with Crippen molar-refractivity contribution in [3.05, 3.63) is 71.3 Å². The van der Waals surface area contributed by atoms with Crippen molar-refractivity contribution in [3.63, 3.8) is 0 Å². The monoisotopic (exact) mass is 287 g/mol. The molecule has 0 aliphatic heterocycles. The zero-order valence-electron chi connectivity index (χ0n) is 11.7. The van der Waals surface area contributed by atoms with Gasteiger partial charge in [0.1, 0.15) is 0 Å². The molecule has 0 bridgehead atoms. The largest absolute Gasteiger partial charge is 0.327 e. The average Bonchev–Trinajstić information content (AvgIpc) is 2.47. The molecule has 0 radical (unpaired) electrons. The van der Waals surface area contributed by atoms with E-state index in [-0.39, 0.29) is 12.4 Å². The molecule has 20 heavy (non-hydrogen) atoms. The average molecular weight is 288 g/mol. The van der Waals surface area contributed by atoms with Gasteiger partial charge in [0.25, 0.3) is 0 Å². The Morgan fingerprint density at radius 1 is 0.950 bits per heavy atom. The fourth-order valence-corrected chi connectivity index (χ4v) is 3.21. The van der Waals surface area contributed by atoms with Crippen LogP contribution in [0.2, 0.25) is 0 Å². The normalized spacial score (nSPS) is 20.9. The standard InChI is InChI=1S/C18H21N.ClH/c19-18-13-11-15-8-4-5-9-16(15)17(18)12-10-14-6-2-1-3-7-14;/h1-9,17-18H,10-13,19H2;1H/t17-,18-;/m1./s1. The molecule has 0 saturated carbocycles. The Morgan fingerprint density at radius 3 is 2.45 bits per heavy atom. The lowest BCUT2D eigenvalue weighted by atomic mass is 9.77. The minimum absolute atomic E-state index is 0. The molecule has 2 heteroatoms. The number of benzene rings is 2. The first-order chi connectivity index (χ1) is 9.34. The van der Waals surface area contributed by atoms with Crippen LogP contribution in [0.5, 0.6) is 0 Å². The predicted molar refractivity (Wildman–Crippen MR) is 87.5 cm³/mol. The molecule has 2 aromatic carbocycles. The molecule has 0 amide bonds. The lowest BCUT2D eigenvalue weighted by molar-refractivity contribution is 0.447. The summed E-state index contributed by atoms with van der Waals surface area (Å²) >= 11 is 0. The molecular weight excluding hydrogens is 266 g/mol. The second-order valence-electron chi connectivity index (χ2n) is 5.53. The van der Waals surface area contributed by atoms with Crippen molar-refractivity contribution >= 4 is 12.4 Å². The van der Waals surface area contributed by atoms with Crippen LogP contribution in [0.1, 0.15) is 35.4 Å². The highest BCUT2D eigenvalue weighted by molar-refractivity contribution is 5.85. The van der Waals surface area contributed by atoms with Crippen LogP contribution in [-0.2, 0) is 12.8 Å². The van der Waals surface area contributed by atoms with Gasteiger partial charge >= 0.3 is 0 Å². The summed E-state index contributed by atoms with van der Waals surface area (Å²) in [7, 11) is 0. The van der Waals surface area contributed by atoms with E-state index in [4.69, 9.17) is 5.73 Å². The summed E-state index contributed by atoms with van der Waals surface area (Å²) in [6.07, 6.45) is 4.53. The van der Waals surface area contributed by atoms with Crippen LogP contribution < -0.4 is 5.73 Å². The zero-order valence-corrected chi connectivity index (χ0v) is 12.5. The third-order valence-corrected chi connectivity index (χ3v) is 4.31. The number of nitrogens with two attached hydrogens (primary N) is 1. The van der Waals surface area contributed by atoms with Gasteiger partial charge in [-0.25, -0.2) is 0 Å². The summed E-state index contributed by atoms with van der Waals surface area (Å²) in [5, 5.41) is 0. The van der Waals surface area contributed by atoms with Gasteiger partial charge in [-0.3, -0.25) is 0 Å². The second-order valence-corrected chi connectivity index (χ2v) is 5.53. The number of hydrogen-bond donors (Lipinski definition) is 1. The van der Waals surface area contributed by atoms with Crippen molar-refractivity contribution in [1.82, 2.24) is 0 Å². The second kappa shape index (κ2) is 6.92. The number of halogens is 1. The molecule has 106 valence electrons. The van der Waals surface area contributed by atoms with E-state index < -0.39 is 0 Å². The van der Waals surface area contributed by atoms with E-state index in [1.807, 2.05) is 0 Å². The Bertz CT molecular complexity index is 538. The fraction of sp³-hybridized carbons (Fsp3) is 0.333. The van der Waals surface area contributed by atoms with Crippen molar-refractivity contribution in [3.8, 4) is 0 Å². The van der Waals surface area contributed by atoms with Gasteiger partial charge in [0.15, 0.2) is 0 Å². The molecule has 2 atom stereocenters. The van der Waals surface area contributed by atoms with Crippen molar-refractivity contribution in [1.29, 1.82) is 0 Å². The molecule has 1 nitrogen and oxygen atoms in total. The predicted octanol–water partition coefficient (Wildman–Crippen LogP) is 4.10. The number of rotatable bonds is 3. The molecule has 0 unspecified atom stereocenters. The summed E-state index contributed by atoms with van der Waals surface area (Å²) < 4.78 is 0. The number of hydrogen-bond acceptors (Lipinski definition) is 1. The van der Waals surface area contributed by atoms with Gasteiger partial charge in [0.05, 0.1) is 0 Å². The van der Waals surface area contributed by atoms with Crippen molar-refractivity contribution in [2.24, 2.45) is 5.73 Å². The molecule has 1 aliphatic carbocycles. The third kappa shape index (κ3) is 3.23. The molecule has 0 spiro atoms. The van der Waals surface area contributed by atoms with Crippen LogP contribution in [0, 0.1) is 0 Å². The Hall–Kier alpha value is -1.31. The molecule has 1 aliphatic rings. The van der Waals surface area contributed by atoms with Crippen LogP contribution in [-0.4, -0.2) is 6.04 Å². The van der Waals surface area contributed by atoms with Gasteiger partial charge in [0.2, 0.25) is 0 Å². The fourth-order valence-electron chi connectivity index (χ4n) is 3.21. The Morgan fingerprint density at radius 2 is 1.65 bits per heavy atom. The van der Waals surface area contributed by atoms with Crippen LogP contribution in [0.3, 0.4) is 0 Å². The zero-order chi connectivity index (χ0) is 13.1. The van der Waals surface area contributed by atoms with E-state index in [1.54, 1.807) is 0 Å². The molecule has 0 fully saturated rings. The van der Waals surface area contributed by atoms with Gasteiger partial charge in [0, 0.05) is 6.04 Å². The maximum absolute atomic E-state index is 6.36. The van der Waals surface area contributed by atoms with E-state index >= 15 is 0 Å². The number of aryl methyl sites for hydroxylation is 2. The SMILES string of the molecule is Cl.N[C@@H]1CCc2ccccc2[C@H]1CCc1ccccc1. The van der Waals surface area contributed by atoms with Gasteiger partial charge in [-0.2, -0.15) is 0 Å². The van der Waals surface area contributed by atoms with E-state index in [2.05, 4.69) is 54.6 Å². The first-order valence-corrected chi connectivity index (χ1v) is 7.22. The highest BCUT2D eigenvalue weighted by Crippen LogP contribution is 2.33. The number of fused-ring (bicyclic) bond motifs is 1. The maximum Gasteiger partial charge on any atom is 0.0111 e. The minimum Gasteiger partial charge on any atom is -0.327 e. The van der Waals surface area contributed by atoms with Gasteiger partial charge in [-0.05, 0) is 48.3 Å². The molecular formula is C18H22ClN. The van der Waals surface area contributed by atoms with E-state index in [0.29, 0.717) is 12.0 Å². The molecule has 0 aromatic heterocycles. The van der Waals surface area contributed by atoms with Crippen molar-refractivity contribution in [2.45, 2.75) is 37.6 Å². The highest BCUT2D eigenvalue weighted by Gasteiger charge is 2.26. The van der Waals surface area contributed by atoms with Crippen molar-refractivity contribution in [2.75, 3.05) is 0 Å². The first-order valence-electron chi connectivity index (χ1n) is 7.22. The third-order valence-electron chi connectivity index (χ3n) is 4.31. The molecule has 3 rings (SSSR count). The summed E-state index contributed by atoms with van der Waals surface area (Å²) in [5.74, 6) is 0.519. The Kier molecular flexibility index (Phi) is 5.22. The quantitative estimate of drug-likeness (QED) is 0.904. The lowest BCUT2D eigenvalue weighted by Crippen LogP contribution is -2.33. The molecule has 2 N–H and O–H groups in total. The Balaban J connectivity index is 0.00000147. The lowest BCUT2D eigenvalue weighted by Gasteiger charge is -2.31. The van der Waals surface area contributed by atoms with E-state index in [0.717, 1.165) is 25.7 Å². The van der Waals surface area contributed by atoms with Gasteiger partial charge < -0.3 is 5.73 Å². The molecule has 2 aromatic rings. The van der Waals surface area contributed by atoms with Gasteiger partial charge in [-0.1, -0.05) is 54.6 Å². The van der Waals surface area contributed by atoms with Crippen LogP contribution in [0.15, 0.2) is 54.6 Å². The van der Waals surface area contributed by atoms with Crippen LogP contribution in [0.25, 0.3) is 0 Å². The molecule has 0 heterocycles.